The molecule has 7 nitrogen and oxygen atoms in total. The largest absolute Gasteiger partial charge is 0.336 e. The smallest absolute Gasteiger partial charge is 0.277 e. The summed E-state index contributed by atoms with van der Waals surface area (Å²) in [4.78, 5) is 41.5. The molecule has 2 amide bonds. The van der Waals surface area contributed by atoms with Gasteiger partial charge in [-0.05, 0) is 11.1 Å². The lowest BCUT2D eigenvalue weighted by molar-refractivity contribution is -0.132. The first-order valence-electron chi connectivity index (χ1n) is 10.6. The summed E-state index contributed by atoms with van der Waals surface area (Å²) < 4.78 is 0. The van der Waals surface area contributed by atoms with Gasteiger partial charge in [0.2, 0.25) is 5.91 Å². The number of hydrogen-bond acceptors (Lipinski definition) is 6. The van der Waals surface area contributed by atoms with Crippen LogP contribution in [0.15, 0.2) is 79.3 Å². The van der Waals surface area contributed by atoms with Gasteiger partial charge in [0.25, 0.3) is 5.91 Å². The van der Waals surface area contributed by atoms with E-state index in [1.165, 1.54) is 29.9 Å². The molecule has 0 unspecified atom stereocenters. The predicted octanol–water partition coefficient (Wildman–Crippen LogP) is 3.90. The highest BCUT2D eigenvalue weighted by atomic mass is 32.1. The van der Waals surface area contributed by atoms with Crippen LogP contribution in [0.25, 0.3) is 0 Å². The molecule has 1 aliphatic heterocycles. The summed E-state index contributed by atoms with van der Waals surface area (Å²) >= 11 is 1.40. The summed E-state index contributed by atoms with van der Waals surface area (Å²) in [6.07, 6.45) is 5.05. The third-order valence-electron chi connectivity index (χ3n) is 5.57. The Bertz CT molecular complexity index is 1220. The van der Waals surface area contributed by atoms with Gasteiger partial charge >= 0.3 is 0 Å². The van der Waals surface area contributed by atoms with Crippen LogP contribution in [-0.2, 0) is 17.8 Å². The fourth-order valence-electron chi connectivity index (χ4n) is 3.97. The number of carbonyl (C=O) groups excluding carboxylic acids is 2. The van der Waals surface area contributed by atoms with Gasteiger partial charge in [0.1, 0.15) is 5.69 Å². The maximum absolute atomic E-state index is 13.7. The summed E-state index contributed by atoms with van der Waals surface area (Å²) in [5, 5.41) is 3.30. The first-order chi connectivity index (χ1) is 16.2. The van der Waals surface area contributed by atoms with Crippen molar-refractivity contribution >= 4 is 28.3 Å². The molecular weight excluding hydrogens is 434 g/mol. The molecular formula is C25H21N5O2S. The second-order valence-corrected chi connectivity index (χ2v) is 8.78. The zero-order valence-corrected chi connectivity index (χ0v) is 18.5. The molecule has 0 fully saturated rings. The van der Waals surface area contributed by atoms with Crippen molar-refractivity contribution in [3.63, 3.8) is 0 Å². The number of benzene rings is 2. The number of hydrogen-bond donors (Lipinski definition) is 1. The maximum atomic E-state index is 13.7. The minimum absolute atomic E-state index is 0.0663. The Balaban J connectivity index is 1.36. The molecule has 2 aromatic heterocycles. The van der Waals surface area contributed by atoms with Gasteiger partial charge in [0, 0.05) is 30.2 Å². The molecule has 1 N–H and O–H groups in total. The standard InChI is InChI=1S/C25H21N5O2S/c31-23(20-15-26-12-13-27-20)29-25-28-19-11-14-30(16-21(19)33-25)24(32)22(17-7-3-1-4-8-17)18-9-5-2-6-10-18/h1-10,12-13,15,22H,11,14,16H2,(H,28,29,31). The van der Waals surface area contributed by atoms with E-state index in [-0.39, 0.29) is 23.4 Å². The molecule has 0 spiro atoms. The van der Waals surface area contributed by atoms with Crippen molar-refractivity contribution in [3.8, 4) is 0 Å². The molecule has 3 heterocycles. The average molecular weight is 456 g/mol. The fourth-order valence-corrected chi connectivity index (χ4v) is 4.98. The molecule has 4 aromatic rings. The number of rotatable bonds is 5. The Morgan fingerprint density at radius 3 is 2.30 bits per heavy atom. The molecule has 2 aromatic carbocycles. The minimum Gasteiger partial charge on any atom is -0.336 e. The Hall–Kier alpha value is -3.91. The van der Waals surface area contributed by atoms with E-state index in [0.717, 1.165) is 21.7 Å². The third-order valence-corrected chi connectivity index (χ3v) is 6.57. The lowest BCUT2D eigenvalue weighted by Gasteiger charge is -2.30. The topological polar surface area (TPSA) is 88.1 Å². The van der Waals surface area contributed by atoms with E-state index in [2.05, 4.69) is 20.3 Å². The molecule has 8 heteroatoms. The lowest BCUT2D eigenvalue weighted by Crippen LogP contribution is -2.39. The van der Waals surface area contributed by atoms with Crippen molar-refractivity contribution < 1.29 is 9.59 Å². The Morgan fingerprint density at radius 2 is 1.67 bits per heavy atom. The van der Waals surface area contributed by atoms with Crippen molar-refractivity contribution in [3.05, 3.63) is 107 Å². The number of thiazole rings is 1. The van der Waals surface area contributed by atoms with E-state index in [0.29, 0.717) is 24.6 Å². The molecule has 164 valence electrons. The third kappa shape index (κ3) is 4.51. The molecule has 0 saturated carbocycles. The van der Waals surface area contributed by atoms with E-state index in [1.807, 2.05) is 65.6 Å². The second-order valence-electron chi connectivity index (χ2n) is 7.70. The number of nitrogens with zero attached hydrogens (tertiary/aromatic N) is 4. The Labute approximate surface area is 195 Å². The van der Waals surface area contributed by atoms with E-state index < -0.39 is 0 Å². The second kappa shape index (κ2) is 9.30. The van der Waals surface area contributed by atoms with Crippen LogP contribution < -0.4 is 5.32 Å². The summed E-state index contributed by atoms with van der Waals surface area (Å²) in [5.74, 6) is -0.648. The van der Waals surface area contributed by atoms with Crippen LogP contribution >= 0.6 is 11.3 Å². The van der Waals surface area contributed by atoms with Gasteiger partial charge in [-0.1, -0.05) is 72.0 Å². The van der Waals surface area contributed by atoms with Gasteiger partial charge in [0.05, 0.1) is 24.4 Å². The predicted molar refractivity (Wildman–Crippen MR) is 126 cm³/mol. The average Bonchev–Trinajstić information content (AvgIpc) is 3.27. The van der Waals surface area contributed by atoms with Crippen molar-refractivity contribution in [2.24, 2.45) is 0 Å². The number of aromatic nitrogens is 3. The zero-order valence-electron chi connectivity index (χ0n) is 17.7. The van der Waals surface area contributed by atoms with Crippen molar-refractivity contribution in [2.75, 3.05) is 11.9 Å². The summed E-state index contributed by atoms with van der Waals surface area (Å²) in [6, 6.07) is 19.7. The quantitative estimate of drug-likeness (QED) is 0.493. The van der Waals surface area contributed by atoms with Gasteiger partial charge in [-0.3, -0.25) is 19.9 Å². The molecule has 33 heavy (non-hydrogen) atoms. The van der Waals surface area contributed by atoms with Crippen molar-refractivity contribution in [1.82, 2.24) is 19.9 Å². The van der Waals surface area contributed by atoms with Gasteiger partial charge in [-0.15, -0.1) is 0 Å². The highest BCUT2D eigenvalue weighted by Gasteiger charge is 2.31. The number of amides is 2. The molecule has 0 bridgehead atoms. The Kier molecular flexibility index (Phi) is 5.91. The van der Waals surface area contributed by atoms with E-state index in [4.69, 9.17) is 0 Å². The van der Waals surface area contributed by atoms with Crippen LogP contribution in [-0.4, -0.2) is 38.2 Å². The van der Waals surface area contributed by atoms with Crippen molar-refractivity contribution in [1.29, 1.82) is 0 Å². The first-order valence-corrected chi connectivity index (χ1v) is 11.5. The monoisotopic (exact) mass is 455 g/mol. The van der Waals surface area contributed by atoms with Gasteiger partial charge < -0.3 is 4.90 Å². The minimum atomic E-state index is -0.363. The van der Waals surface area contributed by atoms with Crippen LogP contribution in [0.1, 0.15) is 38.1 Å². The van der Waals surface area contributed by atoms with Crippen LogP contribution in [0.2, 0.25) is 0 Å². The van der Waals surface area contributed by atoms with Crippen LogP contribution in [0.4, 0.5) is 5.13 Å². The Morgan fingerprint density at radius 1 is 0.970 bits per heavy atom. The van der Waals surface area contributed by atoms with Crippen LogP contribution in [0, 0.1) is 0 Å². The van der Waals surface area contributed by atoms with Gasteiger partial charge in [0.15, 0.2) is 5.13 Å². The summed E-state index contributed by atoms with van der Waals surface area (Å²) in [6.45, 7) is 1.06. The van der Waals surface area contributed by atoms with E-state index >= 15 is 0 Å². The SMILES string of the molecule is O=C(Nc1nc2c(s1)CN(C(=O)C(c1ccccc1)c1ccccc1)CC2)c1cnccn1. The first kappa shape index (κ1) is 21.0. The van der Waals surface area contributed by atoms with Crippen LogP contribution in [0.5, 0.6) is 0 Å². The maximum Gasteiger partial charge on any atom is 0.277 e. The zero-order chi connectivity index (χ0) is 22.6. The van der Waals surface area contributed by atoms with Crippen LogP contribution in [0.3, 0.4) is 0 Å². The highest BCUT2D eigenvalue weighted by molar-refractivity contribution is 7.15. The highest BCUT2D eigenvalue weighted by Crippen LogP contribution is 2.32. The molecule has 0 atom stereocenters. The molecule has 5 rings (SSSR count). The molecule has 0 radical (unpaired) electrons. The number of anilines is 1. The number of fused-ring (bicyclic) bond motifs is 1. The number of nitrogens with one attached hydrogen (secondary N) is 1. The molecule has 0 saturated heterocycles. The number of carbonyl (C=O) groups is 2. The molecule has 1 aliphatic rings. The van der Waals surface area contributed by atoms with Gasteiger partial charge in [-0.2, -0.15) is 0 Å². The summed E-state index contributed by atoms with van der Waals surface area (Å²) in [7, 11) is 0. The lowest BCUT2D eigenvalue weighted by atomic mass is 9.89. The normalized spacial score (nSPS) is 12.9. The summed E-state index contributed by atoms with van der Waals surface area (Å²) in [5.41, 5.74) is 3.10. The fraction of sp³-hybridized carbons (Fsp3) is 0.160. The van der Waals surface area contributed by atoms with Crippen molar-refractivity contribution in [2.45, 2.75) is 18.9 Å². The van der Waals surface area contributed by atoms with E-state index in [1.54, 1.807) is 0 Å². The van der Waals surface area contributed by atoms with Gasteiger partial charge in [-0.25, -0.2) is 9.97 Å². The van der Waals surface area contributed by atoms with E-state index in [9.17, 15) is 9.59 Å². The molecule has 0 aliphatic carbocycles.